The Labute approximate surface area is 233 Å². The van der Waals surface area contributed by atoms with E-state index < -0.39 is 5.82 Å². The van der Waals surface area contributed by atoms with Crippen LogP contribution in [0, 0.1) is 5.82 Å². The summed E-state index contributed by atoms with van der Waals surface area (Å²) < 4.78 is 23.2. The highest BCUT2D eigenvalue weighted by Crippen LogP contribution is 2.29. The van der Waals surface area contributed by atoms with E-state index in [1.165, 1.54) is 34.6 Å². The molecule has 0 unspecified atom stereocenters. The third kappa shape index (κ3) is 4.69. The molecule has 0 fully saturated rings. The lowest BCUT2D eigenvalue weighted by molar-refractivity contribution is 0.386. The van der Waals surface area contributed by atoms with E-state index in [4.69, 9.17) is 9.84 Å². The number of methoxy groups -OCH3 is 1. The van der Waals surface area contributed by atoms with Gasteiger partial charge in [0.2, 0.25) is 4.96 Å². The molecule has 0 aliphatic carbocycles. The Hall–Kier alpha value is -4.63. The van der Waals surface area contributed by atoms with Crippen LogP contribution in [0.4, 0.5) is 4.39 Å². The summed E-state index contributed by atoms with van der Waals surface area (Å²) in [6, 6.07) is 22.4. The Balaban J connectivity index is 1.44. The van der Waals surface area contributed by atoms with Crippen LogP contribution in [-0.2, 0) is 5.41 Å². The predicted molar refractivity (Wildman–Crippen MR) is 156 cm³/mol. The highest BCUT2D eigenvalue weighted by atomic mass is 32.1. The maximum atomic E-state index is 14.6. The second-order valence-electron chi connectivity index (χ2n) is 10.4. The van der Waals surface area contributed by atoms with E-state index >= 15 is 0 Å². The van der Waals surface area contributed by atoms with Gasteiger partial charge < -0.3 is 4.74 Å². The van der Waals surface area contributed by atoms with Crippen molar-refractivity contribution in [2.24, 2.45) is 0 Å². The number of hydrogen-bond acceptors (Lipinski definition) is 6. The molecule has 0 amide bonds. The first-order valence-corrected chi connectivity index (χ1v) is 13.5. The SMILES string of the molecule is COc1ccc(-c2nn(-c3ccccc3)cc2/C=c2\sc3nc(-c4ccc(C(C)(C)C)cc4)nn3c2=O)cc1F. The molecule has 200 valence electrons. The monoisotopic (exact) mass is 551 g/mol. The number of nitrogens with zero attached hydrogens (tertiary/aromatic N) is 5. The maximum Gasteiger partial charge on any atom is 0.291 e. The number of hydrogen-bond donors (Lipinski definition) is 0. The fraction of sp³-hybridized carbons (Fsp3) is 0.161. The van der Waals surface area contributed by atoms with Gasteiger partial charge in [0.05, 0.1) is 17.3 Å². The highest BCUT2D eigenvalue weighted by molar-refractivity contribution is 7.15. The summed E-state index contributed by atoms with van der Waals surface area (Å²) >= 11 is 1.25. The smallest absolute Gasteiger partial charge is 0.291 e. The summed E-state index contributed by atoms with van der Waals surface area (Å²) in [5.74, 6) is 0.154. The number of thiazole rings is 1. The molecule has 0 N–H and O–H groups in total. The van der Waals surface area contributed by atoms with Crippen LogP contribution in [0.15, 0.2) is 83.8 Å². The van der Waals surface area contributed by atoms with Gasteiger partial charge in [0.25, 0.3) is 5.56 Å². The predicted octanol–water partition coefficient (Wildman–Crippen LogP) is 5.66. The second kappa shape index (κ2) is 9.84. The largest absolute Gasteiger partial charge is 0.494 e. The number of para-hydroxylation sites is 1. The van der Waals surface area contributed by atoms with Gasteiger partial charge in [-0.2, -0.15) is 14.6 Å². The van der Waals surface area contributed by atoms with Gasteiger partial charge in [-0.1, -0.05) is 74.6 Å². The lowest BCUT2D eigenvalue weighted by Gasteiger charge is -2.18. The lowest BCUT2D eigenvalue weighted by Crippen LogP contribution is -2.23. The zero-order valence-electron chi connectivity index (χ0n) is 22.4. The van der Waals surface area contributed by atoms with E-state index in [2.05, 4.69) is 43.0 Å². The van der Waals surface area contributed by atoms with Crippen molar-refractivity contribution in [3.8, 4) is 34.1 Å². The molecule has 0 saturated heterocycles. The number of aromatic nitrogens is 5. The van der Waals surface area contributed by atoms with Crippen LogP contribution in [0.25, 0.3) is 39.4 Å². The minimum atomic E-state index is -0.494. The topological polar surface area (TPSA) is 74.3 Å². The molecule has 6 aromatic rings. The van der Waals surface area contributed by atoms with Gasteiger partial charge in [0, 0.05) is 22.9 Å². The highest BCUT2D eigenvalue weighted by Gasteiger charge is 2.17. The van der Waals surface area contributed by atoms with Crippen molar-refractivity contribution in [2.45, 2.75) is 26.2 Å². The van der Waals surface area contributed by atoms with Gasteiger partial charge in [-0.05, 0) is 47.4 Å². The van der Waals surface area contributed by atoms with Gasteiger partial charge in [-0.15, -0.1) is 5.10 Å². The molecule has 7 nitrogen and oxygen atoms in total. The average Bonchev–Trinajstić information content (AvgIpc) is 3.64. The van der Waals surface area contributed by atoms with Crippen molar-refractivity contribution >= 4 is 22.4 Å². The molecule has 0 aliphatic heterocycles. The van der Waals surface area contributed by atoms with Gasteiger partial charge in [-0.3, -0.25) is 4.79 Å². The number of rotatable bonds is 5. The number of fused-ring (bicyclic) bond motifs is 1. The first-order valence-electron chi connectivity index (χ1n) is 12.7. The second-order valence-corrected chi connectivity index (χ2v) is 11.4. The van der Waals surface area contributed by atoms with E-state index in [1.807, 2.05) is 48.7 Å². The van der Waals surface area contributed by atoms with Crippen LogP contribution in [0.2, 0.25) is 0 Å². The maximum absolute atomic E-state index is 14.6. The van der Waals surface area contributed by atoms with Crippen molar-refractivity contribution < 1.29 is 9.13 Å². The van der Waals surface area contributed by atoms with Crippen molar-refractivity contribution in [2.75, 3.05) is 7.11 Å². The van der Waals surface area contributed by atoms with Gasteiger partial charge in [0.1, 0.15) is 5.69 Å². The fourth-order valence-corrected chi connectivity index (χ4v) is 5.36. The Bertz CT molecular complexity index is 1950. The average molecular weight is 552 g/mol. The van der Waals surface area contributed by atoms with Crippen molar-refractivity contribution in [3.63, 3.8) is 0 Å². The minimum absolute atomic E-state index is 0.0399. The fourth-order valence-electron chi connectivity index (χ4n) is 4.46. The molecule has 3 aromatic carbocycles. The number of halogens is 1. The first kappa shape index (κ1) is 25.6. The molecule has 0 spiro atoms. The molecular formula is C31H26FN5O2S. The normalized spacial score (nSPS) is 12.4. The molecule has 6 rings (SSSR count). The Morgan fingerprint density at radius 2 is 1.68 bits per heavy atom. The molecular weight excluding hydrogens is 525 g/mol. The summed E-state index contributed by atoms with van der Waals surface area (Å²) in [4.78, 5) is 18.5. The summed E-state index contributed by atoms with van der Waals surface area (Å²) in [6.45, 7) is 6.48. The molecule has 9 heteroatoms. The van der Waals surface area contributed by atoms with Crippen LogP contribution in [0.1, 0.15) is 31.9 Å². The van der Waals surface area contributed by atoms with E-state index in [0.29, 0.717) is 32.1 Å². The molecule has 3 heterocycles. The van der Waals surface area contributed by atoms with Crippen molar-refractivity contribution in [3.05, 3.63) is 111 Å². The Morgan fingerprint density at radius 1 is 0.950 bits per heavy atom. The zero-order valence-corrected chi connectivity index (χ0v) is 23.2. The van der Waals surface area contributed by atoms with Gasteiger partial charge in [-0.25, -0.2) is 9.07 Å². The van der Waals surface area contributed by atoms with E-state index in [1.54, 1.807) is 22.9 Å². The molecule has 0 radical (unpaired) electrons. The zero-order chi connectivity index (χ0) is 28.0. The molecule has 0 saturated carbocycles. The summed E-state index contributed by atoms with van der Waals surface area (Å²) in [5.41, 5.74) is 4.42. The molecule has 0 aliphatic rings. The van der Waals surface area contributed by atoms with Crippen LogP contribution >= 0.6 is 11.3 Å². The van der Waals surface area contributed by atoms with Crippen molar-refractivity contribution in [1.82, 2.24) is 24.4 Å². The van der Waals surface area contributed by atoms with Crippen molar-refractivity contribution in [1.29, 1.82) is 0 Å². The van der Waals surface area contributed by atoms with E-state index in [0.717, 1.165) is 11.3 Å². The molecule has 0 atom stereocenters. The minimum Gasteiger partial charge on any atom is -0.494 e. The van der Waals surface area contributed by atoms with Crippen LogP contribution in [0.3, 0.4) is 0 Å². The molecule has 40 heavy (non-hydrogen) atoms. The van der Waals surface area contributed by atoms with E-state index in [-0.39, 0.29) is 16.7 Å². The summed E-state index contributed by atoms with van der Waals surface area (Å²) in [5, 5.41) is 9.24. The quantitative estimate of drug-likeness (QED) is 0.276. The lowest BCUT2D eigenvalue weighted by atomic mass is 9.87. The third-order valence-corrected chi connectivity index (χ3v) is 7.63. The summed E-state index contributed by atoms with van der Waals surface area (Å²) in [6.07, 6.45) is 3.58. The first-order chi connectivity index (χ1) is 19.2. The number of ether oxygens (including phenoxy) is 1. The Morgan fingerprint density at radius 3 is 2.33 bits per heavy atom. The van der Waals surface area contributed by atoms with Crippen LogP contribution < -0.4 is 14.8 Å². The molecule has 0 bridgehead atoms. The van der Waals surface area contributed by atoms with Gasteiger partial charge >= 0.3 is 0 Å². The standard InChI is InChI=1S/C31H26FN5O2S/c1-31(2,3)22-13-10-19(11-14-22)28-33-30-37(35-28)29(38)26(40-30)17-21-18-36(23-8-6-5-7-9-23)34-27(21)20-12-15-25(39-4)24(32)16-20/h5-18H,1-4H3/b26-17-. The van der Waals surface area contributed by atoms with Gasteiger partial charge in [0.15, 0.2) is 17.4 Å². The van der Waals surface area contributed by atoms with Crippen LogP contribution in [-0.4, -0.2) is 31.5 Å². The summed E-state index contributed by atoms with van der Waals surface area (Å²) in [7, 11) is 1.42. The van der Waals surface area contributed by atoms with Crippen LogP contribution in [0.5, 0.6) is 5.75 Å². The molecule has 3 aromatic heterocycles. The Kier molecular flexibility index (Phi) is 6.31. The van der Waals surface area contributed by atoms with E-state index in [9.17, 15) is 9.18 Å². The number of benzene rings is 3. The third-order valence-electron chi connectivity index (χ3n) is 6.67.